The molecule has 0 saturated heterocycles. The molecular weight excluding hydrogens is 524 g/mol. The molecule has 3 aromatic rings. The highest BCUT2D eigenvalue weighted by atomic mass is 16.6. The van der Waals surface area contributed by atoms with E-state index in [1.807, 2.05) is 67.7 Å². The summed E-state index contributed by atoms with van der Waals surface area (Å²) in [5.74, 6) is -0.912. The Balaban J connectivity index is 1.73. The molecule has 0 radical (unpaired) electrons. The molecule has 2 heterocycles. The Labute approximate surface area is 238 Å². The summed E-state index contributed by atoms with van der Waals surface area (Å²) in [4.78, 5) is 38.5. The van der Waals surface area contributed by atoms with E-state index in [4.69, 9.17) is 19.3 Å². The lowest BCUT2D eigenvalue weighted by Gasteiger charge is -2.27. The monoisotopic (exact) mass is 554 g/mol. The fourth-order valence-electron chi connectivity index (χ4n) is 4.45. The lowest BCUT2D eigenvalue weighted by atomic mass is 9.93. The first kappa shape index (κ1) is 29.0. The third-order valence-electron chi connectivity index (χ3n) is 6.55. The van der Waals surface area contributed by atoms with Crippen LogP contribution in [0.1, 0.15) is 25.0 Å². The number of methoxy groups -OCH3 is 1. The summed E-state index contributed by atoms with van der Waals surface area (Å²) in [6, 6.07) is 17.2. The van der Waals surface area contributed by atoms with Crippen molar-refractivity contribution in [3.05, 3.63) is 82.6 Å². The van der Waals surface area contributed by atoms with Gasteiger partial charge in [0.05, 0.1) is 38.2 Å². The molecule has 0 spiro atoms. The zero-order chi connectivity index (χ0) is 29.5. The zero-order valence-electron chi connectivity index (χ0n) is 23.3. The summed E-state index contributed by atoms with van der Waals surface area (Å²) in [6.07, 6.45) is 3.47. The standard InChI is InChI=1S/C31H30N4O6/c1-20-16-23(10-11-28(20)39-4)29-24(19-35(33-29)25-8-6-5-7-9-25)17-26-21(2)27(18-32)31(38)34(30(26)37)12-13-40-14-15-41-22(3)36/h5-11,16-17,19H,12-15H2,1-4H3/b26-17+. The van der Waals surface area contributed by atoms with Crippen LogP contribution in [0.3, 0.4) is 0 Å². The van der Waals surface area contributed by atoms with E-state index in [0.717, 1.165) is 27.5 Å². The van der Waals surface area contributed by atoms with Crippen molar-refractivity contribution in [3.63, 3.8) is 0 Å². The molecule has 10 heteroatoms. The first-order chi connectivity index (χ1) is 19.7. The number of aryl methyl sites for hydroxylation is 1. The molecule has 1 aliphatic heterocycles. The molecule has 2 amide bonds. The molecule has 1 aliphatic rings. The summed E-state index contributed by atoms with van der Waals surface area (Å²) in [7, 11) is 1.61. The molecule has 0 N–H and O–H groups in total. The number of imide groups is 1. The normalized spacial score (nSPS) is 14.4. The molecule has 0 atom stereocenters. The first-order valence-electron chi connectivity index (χ1n) is 13.0. The number of rotatable bonds is 10. The molecule has 1 aromatic heterocycles. The van der Waals surface area contributed by atoms with E-state index in [1.165, 1.54) is 6.92 Å². The van der Waals surface area contributed by atoms with Crippen LogP contribution >= 0.6 is 0 Å². The summed E-state index contributed by atoms with van der Waals surface area (Å²) in [6.45, 7) is 4.94. The van der Waals surface area contributed by atoms with Gasteiger partial charge in [-0.15, -0.1) is 0 Å². The Morgan fingerprint density at radius 2 is 1.80 bits per heavy atom. The number of hydrogen-bond donors (Lipinski definition) is 0. The van der Waals surface area contributed by atoms with Crippen LogP contribution in [0, 0.1) is 18.3 Å². The first-order valence-corrected chi connectivity index (χ1v) is 13.0. The van der Waals surface area contributed by atoms with Crippen molar-refractivity contribution in [2.45, 2.75) is 20.8 Å². The maximum absolute atomic E-state index is 13.6. The van der Waals surface area contributed by atoms with Crippen molar-refractivity contribution >= 4 is 23.9 Å². The molecule has 210 valence electrons. The third kappa shape index (κ3) is 6.42. The van der Waals surface area contributed by atoms with Gasteiger partial charge in [-0.25, -0.2) is 4.68 Å². The number of amides is 2. The van der Waals surface area contributed by atoms with Crippen LogP contribution in [-0.2, 0) is 23.9 Å². The topological polar surface area (TPSA) is 124 Å². The molecule has 0 bridgehead atoms. The number of nitriles is 1. The van der Waals surface area contributed by atoms with E-state index < -0.39 is 17.8 Å². The lowest BCUT2D eigenvalue weighted by molar-refractivity contribution is -0.142. The van der Waals surface area contributed by atoms with E-state index in [0.29, 0.717) is 16.8 Å². The van der Waals surface area contributed by atoms with Crippen LogP contribution < -0.4 is 4.74 Å². The predicted molar refractivity (Wildman–Crippen MR) is 151 cm³/mol. The smallest absolute Gasteiger partial charge is 0.302 e. The van der Waals surface area contributed by atoms with Gasteiger partial charge in [0.2, 0.25) is 0 Å². The Morgan fingerprint density at radius 3 is 2.46 bits per heavy atom. The second-order valence-electron chi connectivity index (χ2n) is 9.28. The molecule has 0 unspecified atom stereocenters. The Kier molecular flexibility index (Phi) is 9.12. The number of carbonyl (C=O) groups is 3. The van der Waals surface area contributed by atoms with Crippen molar-refractivity contribution < 1.29 is 28.6 Å². The molecule has 2 aromatic carbocycles. The number of para-hydroxylation sites is 1. The highest BCUT2D eigenvalue weighted by Gasteiger charge is 2.35. The Bertz CT molecular complexity index is 1580. The quantitative estimate of drug-likeness (QED) is 0.159. The van der Waals surface area contributed by atoms with Gasteiger partial charge in [0.15, 0.2) is 0 Å². The fraction of sp³-hybridized carbons (Fsp3) is 0.258. The number of nitrogens with zero attached hydrogens (tertiary/aromatic N) is 4. The second kappa shape index (κ2) is 12.9. The maximum atomic E-state index is 13.6. The predicted octanol–water partition coefficient (Wildman–Crippen LogP) is 4.03. The summed E-state index contributed by atoms with van der Waals surface area (Å²) >= 11 is 0. The van der Waals surface area contributed by atoms with E-state index in [1.54, 1.807) is 24.8 Å². The van der Waals surface area contributed by atoms with Crippen molar-refractivity contribution in [1.82, 2.24) is 14.7 Å². The second-order valence-corrected chi connectivity index (χ2v) is 9.28. The fourth-order valence-corrected chi connectivity index (χ4v) is 4.45. The van der Waals surface area contributed by atoms with Gasteiger partial charge < -0.3 is 14.2 Å². The van der Waals surface area contributed by atoms with E-state index in [-0.39, 0.29) is 37.5 Å². The lowest BCUT2D eigenvalue weighted by Crippen LogP contribution is -2.44. The molecule has 0 saturated carbocycles. The van der Waals surface area contributed by atoms with Crippen LogP contribution in [0.4, 0.5) is 0 Å². The zero-order valence-corrected chi connectivity index (χ0v) is 23.3. The van der Waals surface area contributed by atoms with E-state index in [9.17, 15) is 19.6 Å². The number of carbonyl (C=O) groups excluding carboxylic acids is 3. The van der Waals surface area contributed by atoms with Gasteiger partial charge in [0.1, 0.15) is 24.0 Å². The largest absolute Gasteiger partial charge is 0.496 e. The van der Waals surface area contributed by atoms with Crippen LogP contribution in [-0.4, -0.2) is 65.9 Å². The maximum Gasteiger partial charge on any atom is 0.302 e. The van der Waals surface area contributed by atoms with Crippen LogP contribution in [0.15, 0.2) is 71.4 Å². The van der Waals surface area contributed by atoms with Crippen molar-refractivity contribution in [2.24, 2.45) is 0 Å². The van der Waals surface area contributed by atoms with Gasteiger partial charge in [-0.05, 0) is 61.4 Å². The summed E-state index contributed by atoms with van der Waals surface area (Å²) in [5, 5.41) is 14.6. The van der Waals surface area contributed by atoms with E-state index in [2.05, 4.69) is 0 Å². The third-order valence-corrected chi connectivity index (χ3v) is 6.55. The van der Waals surface area contributed by atoms with Gasteiger partial charge >= 0.3 is 5.97 Å². The number of aromatic nitrogens is 2. The minimum Gasteiger partial charge on any atom is -0.496 e. The van der Waals surface area contributed by atoms with Gasteiger partial charge in [-0.1, -0.05) is 18.2 Å². The van der Waals surface area contributed by atoms with Crippen molar-refractivity contribution in [2.75, 3.05) is 33.5 Å². The SMILES string of the molecule is COc1ccc(-c2nn(-c3ccccc3)cc2/C=C2/C(=O)N(CCOCCOC(C)=O)C(=O)C(C#N)=C2C)cc1C. The highest BCUT2D eigenvalue weighted by Crippen LogP contribution is 2.32. The number of benzene rings is 2. The molecular formula is C31H30N4O6. The van der Waals surface area contributed by atoms with Gasteiger partial charge in [0, 0.05) is 29.8 Å². The Hall–Kier alpha value is -5.01. The van der Waals surface area contributed by atoms with Crippen LogP contribution in [0.5, 0.6) is 5.75 Å². The molecule has 0 fully saturated rings. The van der Waals surface area contributed by atoms with Crippen molar-refractivity contribution in [1.29, 1.82) is 5.26 Å². The number of ether oxygens (including phenoxy) is 3. The average molecular weight is 555 g/mol. The summed E-state index contributed by atoms with van der Waals surface area (Å²) < 4.78 is 17.4. The number of esters is 1. The van der Waals surface area contributed by atoms with E-state index >= 15 is 0 Å². The van der Waals surface area contributed by atoms with Gasteiger partial charge in [-0.2, -0.15) is 10.4 Å². The molecule has 10 nitrogen and oxygen atoms in total. The van der Waals surface area contributed by atoms with Gasteiger partial charge in [-0.3, -0.25) is 19.3 Å². The molecule has 41 heavy (non-hydrogen) atoms. The molecule has 4 rings (SSSR count). The average Bonchev–Trinajstić information content (AvgIpc) is 3.39. The summed E-state index contributed by atoms with van der Waals surface area (Å²) in [5.41, 5.74) is 4.18. The molecule has 0 aliphatic carbocycles. The number of hydrogen-bond acceptors (Lipinski definition) is 8. The van der Waals surface area contributed by atoms with Crippen LogP contribution in [0.2, 0.25) is 0 Å². The van der Waals surface area contributed by atoms with Crippen LogP contribution in [0.25, 0.3) is 23.0 Å². The Morgan fingerprint density at radius 1 is 1.05 bits per heavy atom. The minimum atomic E-state index is -0.679. The van der Waals surface area contributed by atoms with Gasteiger partial charge in [0.25, 0.3) is 11.8 Å². The highest BCUT2D eigenvalue weighted by molar-refractivity contribution is 6.19. The van der Waals surface area contributed by atoms with Crippen molar-refractivity contribution in [3.8, 4) is 28.8 Å². The minimum absolute atomic E-state index is 0.0199.